The van der Waals surface area contributed by atoms with Crippen LogP contribution < -0.4 is 5.56 Å². The molecule has 2 heterocycles. The van der Waals surface area contributed by atoms with Crippen molar-refractivity contribution in [3.8, 4) is 0 Å². The lowest BCUT2D eigenvalue weighted by Gasteiger charge is -2.29. The third kappa shape index (κ3) is 4.77. The number of rotatable bonds is 7. The number of H-pyrrole nitrogens is 1. The molecule has 0 aliphatic carbocycles. The summed E-state index contributed by atoms with van der Waals surface area (Å²) < 4.78 is 5.87. The van der Waals surface area contributed by atoms with Crippen LogP contribution in [0.3, 0.4) is 0 Å². The number of fused-ring (bicyclic) bond motifs is 1. The first-order chi connectivity index (χ1) is 16.7. The van der Waals surface area contributed by atoms with Gasteiger partial charge in [0.1, 0.15) is 5.82 Å². The molecule has 4 aromatic rings. The number of aromatic nitrogens is 2. The van der Waals surface area contributed by atoms with Gasteiger partial charge in [0.15, 0.2) is 0 Å². The summed E-state index contributed by atoms with van der Waals surface area (Å²) in [5.41, 5.74) is 2.27. The summed E-state index contributed by atoms with van der Waals surface area (Å²) in [6, 6.07) is 26.9. The maximum Gasteiger partial charge on any atom is 0.258 e. The van der Waals surface area contributed by atoms with Gasteiger partial charge >= 0.3 is 0 Å². The molecular formula is C28H27N3O3. The van der Waals surface area contributed by atoms with Gasteiger partial charge in [0.05, 0.1) is 29.5 Å². The highest BCUT2D eigenvalue weighted by Gasteiger charge is 2.30. The highest BCUT2D eigenvalue weighted by Crippen LogP contribution is 2.28. The van der Waals surface area contributed by atoms with Crippen molar-refractivity contribution >= 4 is 16.8 Å². The number of amides is 1. The fraction of sp³-hybridized carbons (Fsp3) is 0.250. The first-order valence-corrected chi connectivity index (χ1v) is 11.7. The van der Waals surface area contributed by atoms with Crippen LogP contribution in [0.15, 0.2) is 89.7 Å². The molecule has 0 radical (unpaired) electrons. The van der Waals surface area contributed by atoms with Crippen molar-refractivity contribution in [1.29, 1.82) is 0 Å². The molecule has 1 aromatic heterocycles. The molecule has 0 spiro atoms. The van der Waals surface area contributed by atoms with Crippen LogP contribution in [-0.2, 0) is 16.1 Å². The van der Waals surface area contributed by atoms with E-state index in [1.807, 2.05) is 78.9 Å². The van der Waals surface area contributed by atoms with E-state index in [1.54, 1.807) is 11.0 Å². The average Bonchev–Trinajstić information content (AvgIpc) is 3.38. The summed E-state index contributed by atoms with van der Waals surface area (Å²) in [4.78, 5) is 36.1. The zero-order valence-corrected chi connectivity index (χ0v) is 18.9. The van der Waals surface area contributed by atoms with Crippen LogP contribution in [-0.4, -0.2) is 40.0 Å². The predicted molar refractivity (Wildman–Crippen MR) is 131 cm³/mol. The van der Waals surface area contributed by atoms with Crippen LogP contribution in [0.5, 0.6) is 0 Å². The van der Waals surface area contributed by atoms with Gasteiger partial charge < -0.3 is 14.6 Å². The first-order valence-electron chi connectivity index (χ1n) is 11.7. The second-order valence-corrected chi connectivity index (χ2v) is 8.64. The molecule has 6 heteroatoms. The number of carbonyl (C=O) groups excluding carboxylic acids is 1. The standard InChI is InChI=1S/C28H27N3O3/c32-27-23-15-7-8-16-24(23)29-25(30-27)19-31(18-22-14-9-17-34-22)28(33)26(20-10-3-1-4-11-20)21-12-5-2-6-13-21/h1-8,10-13,15-16,22,26H,9,14,17-19H2,(H,29,30,32). The monoisotopic (exact) mass is 453 g/mol. The molecule has 3 aromatic carbocycles. The zero-order chi connectivity index (χ0) is 23.3. The highest BCUT2D eigenvalue weighted by molar-refractivity contribution is 5.87. The molecule has 1 fully saturated rings. The molecule has 1 unspecified atom stereocenters. The smallest absolute Gasteiger partial charge is 0.258 e. The second-order valence-electron chi connectivity index (χ2n) is 8.64. The number of hydrogen-bond donors (Lipinski definition) is 1. The molecule has 1 N–H and O–H groups in total. The lowest BCUT2D eigenvalue weighted by Crippen LogP contribution is -2.40. The maximum atomic E-state index is 14.1. The number of ether oxygens (including phenoxy) is 1. The van der Waals surface area contributed by atoms with Crippen molar-refractivity contribution in [2.75, 3.05) is 13.2 Å². The Kier molecular flexibility index (Phi) is 6.49. The van der Waals surface area contributed by atoms with Crippen molar-refractivity contribution in [3.05, 3.63) is 112 Å². The van der Waals surface area contributed by atoms with Gasteiger partial charge in [0.2, 0.25) is 5.91 Å². The SMILES string of the molecule is O=C(C(c1ccccc1)c1ccccc1)N(Cc1nc2ccccc2c(=O)[nH]1)CC1CCCO1. The Balaban J connectivity index is 1.52. The summed E-state index contributed by atoms with van der Waals surface area (Å²) in [6.07, 6.45) is 1.87. The average molecular weight is 454 g/mol. The van der Waals surface area contributed by atoms with E-state index in [0.29, 0.717) is 29.9 Å². The first kappa shape index (κ1) is 22.0. The fourth-order valence-electron chi connectivity index (χ4n) is 4.61. The number of carbonyl (C=O) groups is 1. The number of para-hydroxylation sites is 1. The maximum absolute atomic E-state index is 14.1. The summed E-state index contributed by atoms with van der Waals surface area (Å²) >= 11 is 0. The van der Waals surface area contributed by atoms with Crippen molar-refractivity contribution in [1.82, 2.24) is 14.9 Å². The molecule has 5 rings (SSSR count). The van der Waals surface area contributed by atoms with E-state index >= 15 is 0 Å². The molecule has 1 saturated heterocycles. The van der Waals surface area contributed by atoms with Crippen LogP contribution >= 0.6 is 0 Å². The van der Waals surface area contributed by atoms with Crippen LogP contribution in [0, 0.1) is 0 Å². The Labute approximate surface area is 198 Å². The largest absolute Gasteiger partial charge is 0.376 e. The molecular weight excluding hydrogens is 426 g/mol. The summed E-state index contributed by atoms with van der Waals surface area (Å²) in [5, 5.41) is 0.537. The van der Waals surface area contributed by atoms with E-state index in [0.717, 1.165) is 24.0 Å². The van der Waals surface area contributed by atoms with Crippen LogP contribution in [0.2, 0.25) is 0 Å². The van der Waals surface area contributed by atoms with Gasteiger partial charge in [0, 0.05) is 13.2 Å². The highest BCUT2D eigenvalue weighted by atomic mass is 16.5. The van der Waals surface area contributed by atoms with Crippen molar-refractivity contribution in [2.24, 2.45) is 0 Å². The third-order valence-electron chi connectivity index (χ3n) is 6.27. The van der Waals surface area contributed by atoms with E-state index in [-0.39, 0.29) is 24.1 Å². The lowest BCUT2D eigenvalue weighted by molar-refractivity contribution is -0.134. The van der Waals surface area contributed by atoms with Gasteiger partial charge in [-0.05, 0) is 36.1 Å². The van der Waals surface area contributed by atoms with E-state index in [2.05, 4.69) is 9.97 Å². The van der Waals surface area contributed by atoms with Crippen molar-refractivity contribution < 1.29 is 9.53 Å². The fourth-order valence-corrected chi connectivity index (χ4v) is 4.61. The van der Waals surface area contributed by atoms with E-state index < -0.39 is 5.92 Å². The quantitative estimate of drug-likeness (QED) is 0.454. The van der Waals surface area contributed by atoms with Crippen LogP contribution in [0.4, 0.5) is 0 Å². The number of aromatic amines is 1. The molecule has 0 bridgehead atoms. The van der Waals surface area contributed by atoms with Crippen molar-refractivity contribution in [2.45, 2.75) is 31.4 Å². The zero-order valence-electron chi connectivity index (χ0n) is 18.9. The number of hydrogen-bond acceptors (Lipinski definition) is 4. The minimum atomic E-state index is -0.462. The summed E-state index contributed by atoms with van der Waals surface area (Å²) in [6.45, 7) is 1.36. The van der Waals surface area contributed by atoms with Gasteiger partial charge in [-0.25, -0.2) is 4.98 Å². The Morgan fingerprint density at radius 1 is 0.971 bits per heavy atom. The molecule has 34 heavy (non-hydrogen) atoms. The second kappa shape index (κ2) is 10.0. The Hall–Kier alpha value is -3.77. The van der Waals surface area contributed by atoms with E-state index in [1.165, 1.54) is 0 Å². The number of nitrogens with one attached hydrogen (secondary N) is 1. The minimum Gasteiger partial charge on any atom is -0.376 e. The van der Waals surface area contributed by atoms with Gasteiger partial charge in [-0.1, -0.05) is 72.8 Å². The topological polar surface area (TPSA) is 75.3 Å². The molecule has 1 aliphatic rings. The van der Waals surface area contributed by atoms with Gasteiger partial charge in [-0.3, -0.25) is 9.59 Å². The summed E-state index contributed by atoms with van der Waals surface area (Å²) in [5.74, 6) is -0.0328. The minimum absolute atomic E-state index is 0.0247. The Morgan fingerprint density at radius 3 is 2.26 bits per heavy atom. The van der Waals surface area contributed by atoms with Crippen molar-refractivity contribution in [3.63, 3.8) is 0 Å². The number of nitrogens with zero attached hydrogens (tertiary/aromatic N) is 2. The van der Waals surface area contributed by atoms with Crippen LogP contribution in [0.25, 0.3) is 10.9 Å². The summed E-state index contributed by atoms with van der Waals surface area (Å²) in [7, 11) is 0. The predicted octanol–water partition coefficient (Wildman–Crippen LogP) is 4.26. The molecule has 6 nitrogen and oxygen atoms in total. The molecule has 0 saturated carbocycles. The molecule has 1 aliphatic heterocycles. The van der Waals surface area contributed by atoms with E-state index in [4.69, 9.17) is 4.74 Å². The molecule has 1 atom stereocenters. The molecule has 172 valence electrons. The van der Waals surface area contributed by atoms with Gasteiger partial charge in [-0.15, -0.1) is 0 Å². The normalized spacial score (nSPS) is 15.6. The molecule has 1 amide bonds. The Morgan fingerprint density at radius 2 is 1.62 bits per heavy atom. The lowest BCUT2D eigenvalue weighted by atomic mass is 9.90. The van der Waals surface area contributed by atoms with Crippen LogP contribution in [0.1, 0.15) is 35.7 Å². The van der Waals surface area contributed by atoms with Gasteiger partial charge in [0.25, 0.3) is 5.56 Å². The number of benzene rings is 3. The van der Waals surface area contributed by atoms with Gasteiger partial charge in [-0.2, -0.15) is 0 Å². The Bertz CT molecular complexity index is 1280. The third-order valence-corrected chi connectivity index (χ3v) is 6.27. The van der Waals surface area contributed by atoms with E-state index in [9.17, 15) is 9.59 Å².